The highest BCUT2D eigenvalue weighted by atomic mass is 19.1. The van der Waals surface area contributed by atoms with Crippen LogP contribution in [0.5, 0.6) is 0 Å². The first-order valence-electron chi connectivity index (χ1n) is 8.36. The van der Waals surface area contributed by atoms with Gasteiger partial charge in [-0.25, -0.2) is 4.39 Å². The van der Waals surface area contributed by atoms with Crippen molar-refractivity contribution in [3.05, 3.63) is 65.7 Å². The smallest absolute Gasteiger partial charge is 0.252 e. The third-order valence-electron chi connectivity index (χ3n) is 4.50. The molecule has 3 rings (SSSR count). The van der Waals surface area contributed by atoms with E-state index in [1.165, 1.54) is 12.1 Å². The van der Waals surface area contributed by atoms with Gasteiger partial charge in [-0.2, -0.15) is 0 Å². The van der Waals surface area contributed by atoms with Crippen molar-refractivity contribution in [3.8, 4) is 0 Å². The molecule has 0 unspecified atom stereocenters. The average molecular weight is 327 g/mol. The number of aromatic nitrogens is 1. The van der Waals surface area contributed by atoms with Crippen LogP contribution in [0.25, 0.3) is 0 Å². The zero-order valence-corrected chi connectivity index (χ0v) is 13.6. The Hall–Kier alpha value is -2.27. The van der Waals surface area contributed by atoms with Crippen LogP contribution in [0.1, 0.15) is 28.8 Å². The molecule has 1 fully saturated rings. The number of nitrogens with one attached hydrogen (secondary N) is 1. The molecule has 5 heteroatoms. The molecule has 1 aliphatic rings. The van der Waals surface area contributed by atoms with Gasteiger partial charge in [0.1, 0.15) is 5.82 Å². The first kappa shape index (κ1) is 16.6. The molecule has 24 heavy (non-hydrogen) atoms. The van der Waals surface area contributed by atoms with Gasteiger partial charge < -0.3 is 5.32 Å². The van der Waals surface area contributed by atoms with Gasteiger partial charge in [0.05, 0.1) is 5.56 Å². The molecule has 1 N–H and O–H groups in total. The molecule has 2 aromatic rings. The molecular weight excluding hydrogens is 305 g/mol. The summed E-state index contributed by atoms with van der Waals surface area (Å²) in [6.07, 6.45) is 5.37. The largest absolute Gasteiger partial charge is 0.352 e. The van der Waals surface area contributed by atoms with Crippen molar-refractivity contribution < 1.29 is 9.18 Å². The zero-order valence-electron chi connectivity index (χ0n) is 13.6. The first-order chi connectivity index (χ1) is 11.7. The molecule has 1 aromatic carbocycles. The standard InChI is InChI=1S/C19H22FN3O/c20-18-5-3-16(4-6-18)14-23-10-7-15(8-11-23)12-22-19(24)17-2-1-9-21-13-17/h1-6,9,13,15H,7-8,10-12,14H2,(H,22,24). The van der Waals surface area contributed by atoms with Gasteiger partial charge in [0, 0.05) is 25.5 Å². The number of piperidine rings is 1. The topological polar surface area (TPSA) is 45.2 Å². The van der Waals surface area contributed by atoms with Crippen LogP contribution in [0.4, 0.5) is 4.39 Å². The van der Waals surface area contributed by atoms with E-state index >= 15 is 0 Å². The average Bonchev–Trinajstić information content (AvgIpc) is 2.63. The predicted octanol–water partition coefficient (Wildman–Crippen LogP) is 2.86. The van der Waals surface area contributed by atoms with Crippen molar-refractivity contribution in [3.63, 3.8) is 0 Å². The van der Waals surface area contributed by atoms with Gasteiger partial charge in [-0.05, 0) is 61.7 Å². The van der Waals surface area contributed by atoms with E-state index < -0.39 is 0 Å². The van der Waals surface area contributed by atoms with Crippen molar-refractivity contribution in [2.75, 3.05) is 19.6 Å². The van der Waals surface area contributed by atoms with E-state index in [0.29, 0.717) is 18.0 Å². The van der Waals surface area contributed by atoms with Crippen LogP contribution in [0, 0.1) is 11.7 Å². The number of carbonyl (C=O) groups excluding carboxylic acids is 1. The second kappa shape index (κ2) is 8.02. The fraction of sp³-hybridized carbons (Fsp3) is 0.368. The Morgan fingerprint density at radius 3 is 2.62 bits per heavy atom. The number of likely N-dealkylation sites (tertiary alicyclic amines) is 1. The third kappa shape index (κ3) is 4.61. The number of benzene rings is 1. The van der Waals surface area contributed by atoms with E-state index in [0.717, 1.165) is 38.0 Å². The SMILES string of the molecule is O=C(NCC1CCN(Cc2ccc(F)cc2)CC1)c1cccnc1. The lowest BCUT2D eigenvalue weighted by molar-refractivity contribution is 0.0935. The summed E-state index contributed by atoms with van der Waals surface area (Å²) in [5.41, 5.74) is 1.74. The van der Waals surface area contributed by atoms with Crippen LogP contribution in [0.2, 0.25) is 0 Å². The Labute approximate surface area is 141 Å². The van der Waals surface area contributed by atoms with Crippen LogP contribution in [-0.4, -0.2) is 35.4 Å². The molecule has 2 heterocycles. The highest BCUT2D eigenvalue weighted by Crippen LogP contribution is 2.18. The maximum atomic E-state index is 12.9. The normalized spacial score (nSPS) is 16.0. The van der Waals surface area contributed by atoms with E-state index in [1.54, 1.807) is 24.5 Å². The number of rotatable bonds is 5. The molecule has 0 bridgehead atoms. The second-order valence-corrected chi connectivity index (χ2v) is 6.30. The molecule has 1 aliphatic heterocycles. The lowest BCUT2D eigenvalue weighted by Crippen LogP contribution is -2.38. The molecule has 0 radical (unpaired) electrons. The number of nitrogens with zero attached hydrogens (tertiary/aromatic N) is 2. The van der Waals surface area contributed by atoms with Gasteiger partial charge in [0.15, 0.2) is 0 Å². The Balaban J connectivity index is 1.40. The van der Waals surface area contributed by atoms with Crippen molar-refractivity contribution in [1.82, 2.24) is 15.2 Å². The van der Waals surface area contributed by atoms with Gasteiger partial charge in [-0.3, -0.25) is 14.7 Å². The molecule has 0 atom stereocenters. The fourth-order valence-corrected chi connectivity index (χ4v) is 3.03. The quantitative estimate of drug-likeness (QED) is 0.918. The Kier molecular flexibility index (Phi) is 5.54. The summed E-state index contributed by atoms with van der Waals surface area (Å²) in [4.78, 5) is 18.4. The number of hydrogen-bond acceptors (Lipinski definition) is 3. The van der Waals surface area contributed by atoms with Gasteiger partial charge in [0.25, 0.3) is 5.91 Å². The number of halogens is 1. The van der Waals surface area contributed by atoms with Crippen LogP contribution < -0.4 is 5.32 Å². The van der Waals surface area contributed by atoms with Crippen molar-refractivity contribution in [2.24, 2.45) is 5.92 Å². The third-order valence-corrected chi connectivity index (χ3v) is 4.50. The maximum absolute atomic E-state index is 12.9. The van der Waals surface area contributed by atoms with Gasteiger partial charge in [0.2, 0.25) is 0 Å². The highest BCUT2D eigenvalue weighted by Gasteiger charge is 2.20. The Morgan fingerprint density at radius 1 is 1.21 bits per heavy atom. The molecule has 0 spiro atoms. The summed E-state index contributed by atoms with van der Waals surface area (Å²) in [5, 5.41) is 3.00. The molecule has 1 amide bonds. The Morgan fingerprint density at radius 2 is 1.96 bits per heavy atom. The highest BCUT2D eigenvalue weighted by molar-refractivity contribution is 5.93. The summed E-state index contributed by atoms with van der Waals surface area (Å²) in [6.45, 7) is 3.57. The number of pyridine rings is 1. The summed E-state index contributed by atoms with van der Waals surface area (Å²) >= 11 is 0. The molecule has 1 saturated heterocycles. The van der Waals surface area contributed by atoms with Crippen LogP contribution in [0.15, 0.2) is 48.8 Å². The van der Waals surface area contributed by atoms with Crippen molar-refractivity contribution >= 4 is 5.91 Å². The van der Waals surface area contributed by atoms with E-state index in [1.807, 2.05) is 12.1 Å². The zero-order chi connectivity index (χ0) is 16.8. The van der Waals surface area contributed by atoms with Gasteiger partial charge in [-0.15, -0.1) is 0 Å². The monoisotopic (exact) mass is 327 g/mol. The van der Waals surface area contributed by atoms with Crippen molar-refractivity contribution in [1.29, 1.82) is 0 Å². The maximum Gasteiger partial charge on any atom is 0.252 e. The summed E-state index contributed by atoms with van der Waals surface area (Å²) < 4.78 is 12.9. The summed E-state index contributed by atoms with van der Waals surface area (Å²) in [5.74, 6) is 0.258. The molecule has 1 aromatic heterocycles. The van der Waals surface area contributed by atoms with E-state index in [9.17, 15) is 9.18 Å². The molecular formula is C19H22FN3O. The lowest BCUT2D eigenvalue weighted by atomic mass is 9.96. The van der Waals surface area contributed by atoms with Crippen molar-refractivity contribution in [2.45, 2.75) is 19.4 Å². The first-order valence-corrected chi connectivity index (χ1v) is 8.36. The Bertz CT molecular complexity index is 652. The van der Waals surface area contributed by atoms with E-state index in [4.69, 9.17) is 0 Å². The van der Waals surface area contributed by atoms with E-state index in [-0.39, 0.29) is 11.7 Å². The van der Waals surface area contributed by atoms with Crippen LogP contribution in [-0.2, 0) is 6.54 Å². The van der Waals surface area contributed by atoms with E-state index in [2.05, 4.69) is 15.2 Å². The minimum absolute atomic E-state index is 0.0585. The van der Waals surface area contributed by atoms with Crippen LogP contribution in [0.3, 0.4) is 0 Å². The van der Waals surface area contributed by atoms with Gasteiger partial charge in [-0.1, -0.05) is 12.1 Å². The second-order valence-electron chi connectivity index (χ2n) is 6.30. The molecule has 0 saturated carbocycles. The minimum atomic E-state index is -0.193. The summed E-state index contributed by atoms with van der Waals surface area (Å²) in [6, 6.07) is 10.2. The predicted molar refractivity (Wildman–Crippen MR) is 91.0 cm³/mol. The number of carbonyl (C=O) groups is 1. The lowest BCUT2D eigenvalue weighted by Gasteiger charge is -2.32. The molecule has 126 valence electrons. The minimum Gasteiger partial charge on any atom is -0.352 e. The summed E-state index contributed by atoms with van der Waals surface area (Å²) in [7, 11) is 0. The number of amides is 1. The number of hydrogen-bond donors (Lipinski definition) is 1. The molecule has 0 aliphatic carbocycles. The van der Waals surface area contributed by atoms with Gasteiger partial charge >= 0.3 is 0 Å². The fourth-order valence-electron chi connectivity index (χ4n) is 3.03. The van der Waals surface area contributed by atoms with Crippen LogP contribution >= 0.6 is 0 Å². The molecule has 4 nitrogen and oxygen atoms in total.